The highest BCUT2D eigenvalue weighted by Crippen LogP contribution is 2.23. The normalized spacial score (nSPS) is 16.1. The van der Waals surface area contributed by atoms with E-state index in [0.717, 1.165) is 62.3 Å². The van der Waals surface area contributed by atoms with Crippen molar-refractivity contribution in [1.29, 1.82) is 0 Å². The lowest BCUT2D eigenvalue weighted by Gasteiger charge is -2.35. The van der Waals surface area contributed by atoms with Gasteiger partial charge in [-0.05, 0) is 42.1 Å². The van der Waals surface area contributed by atoms with Gasteiger partial charge in [0.05, 0.1) is 32.9 Å². The van der Waals surface area contributed by atoms with Crippen LogP contribution in [0.3, 0.4) is 0 Å². The van der Waals surface area contributed by atoms with E-state index in [0.29, 0.717) is 6.54 Å². The summed E-state index contributed by atoms with van der Waals surface area (Å²) in [7, 11) is 1.70. The molecular weight excluding hydrogens is 402 g/mol. The molecule has 3 N–H and O–H groups in total. The number of para-hydroxylation sites is 1. The average Bonchev–Trinajstić information content (AvgIpc) is 3.27. The molecule has 1 unspecified atom stereocenters. The molecule has 1 atom stereocenters. The van der Waals surface area contributed by atoms with E-state index in [1.165, 1.54) is 10.9 Å². The number of benzene rings is 2. The number of rotatable bonds is 8. The van der Waals surface area contributed by atoms with Crippen molar-refractivity contribution in [3.05, 3.63) is 65.9 Å². The number of aromatic amines is 1. The molecule has 32 heavy (non-hydrogen) atoms. The van der Waals surface area contributed by atoms with Crippen molar-refractivity contribution in [2.24, 2.45) is 4.99 Å². The maximum atomic E-state index is 5.58. The van der Waals surface area contributed by atoms with Gasteiger partial charge < -0.3 is 25.1 Å². The minimum absolute atomic E-state index is 0.224. The van der Waals surface area contributed by atoms with Crippen LogP contribution in [0.1, 0.15) is 24.2 Å². The molecule has 3 aromatic rings. The number of H-pyrrole nitrogens is 1. The van der Waals surface area contributed by atoms with E-state index in [-0.39, 0.29) is 6.04 Å². The molecule has 0 spiro atoms. The Morgan fingerprint density at radius 3 is 2.62 bits per heavy atom. The molecule has 1 fully saturated rings. The van der Waals surface area contributed by atoms with Crippen LogP contribution in [0.25, 0.3) is 10.9 Å². The Morgan fingerprint density at radius 1 is 1.12 bits per heavy atom. The lowest BCUT2D eigenvalue weighted by atomic mass is 10.0. The summed E-state index contributed by atoms with van der Waals surface area (Å²) >= 11 is 0. The first-order valence-corrected chi connectivity index (χ1v) is 11.3. The molecule has 7 nitrogen and oxygen atoms in total. The van der Waals surface area contributed by atoms with E-state index < -0.39 is 0 Å². The van der Waals surface area contributed by atoms with Gasteiger partial charge in [0.1, 0.15) is 5.75 Å². The quantitative estimate of drug-likeness (QED) is 0.374. The Labute approximate surface area is 189 Å². The van der Waals surface area contributed by atoms with E-state index in [4.69, 9.17) is 14.5 Å². The van der Waals surface area contributed by atoms with Gasteiger partial charge in [0, 0.05) is 37.4 Å². The van der Waals surface area contributed by atoms with Gasteiger partial charge in [-0.25, -0.2) is 4.99 Å². The van der Waals surface area contributed by atoms with Gasteiger partial charge in [0.2, 0.25) is 0 Å². The third-order valence-electron chi connectivity index (χ3n) is 5.79. The number of nitrogens with one attached hydrogen (secondary N) is 3. The summed E-state index contributed by atoms with van der Waals surface area (Å²) in [6, 6.07) is 19.0. The van der Waals surface area contributed by atoms with Gasteiger partial charge in [-0.15, -0.1) is 0 Å². The Balaban J connectivity index is 1.47. The summed E-state index contributed by atoms with van der Waals surface area (Å²) < 4.78 is 10.9. The number of hydrogen-bond donors (Lipinski definition) is 3. The van der Waals surface area contributed by atoms with E-state index in [9.17, 15) is 0 Å². The molecule has 0 aliphatic carbocycles. The predicted molar refractivity (Wildman–Crippen MR) is 129 cm³/mol. The predicted octanol–water partition coefficient (Wildman–Crippen LogP) is 3.31. The number of nitrogens with zero attached hydrogens (tertiary/aromatic N) is 2. The fraction of sp³-hybridized carbons (Fsp3) is 0.400. The van der Waals surface area contributed by atoms with Crippen LogP contribution in [0.4, 0.5) is 0 Å². The maximum Gasteiger partial charge on any atom is 0.191 e. The summed E-state index contributed by atoms with van der Waals surface area (Å²) in [6.45, 7) is 7.61. The van der Waals surface area contributed by atoms with Gasteiger partial charge in [-0.1, -0.05) is 30.3 Å². The van der Waals surface area contributed by atoms with E-state index in [2.05, 4.69) is 63.8 Å². The molecule has 1 saturated heterocycles. The zero-order valence-electron chi connectivity index (χ0n) is 18.9. The Morgan fingerprint density at radius 2 is 1.91 bits per heavy atom. The van der Waals surface area contributed by atoms with Crippen molar-refractivity contribution in [3.63, 3.8) is 0 Å². The zero-order valence-corrected chi connectivity index (χ0v) is 18.9. The standard InChI is InChI=1S/C25H33N5O2/c1-3-26-25(27-17-21-16-20-6-4-5-7-23(20)29-21)28-18-24(30-12-14-32-15-13-30)19-8-10-22(31-2)11-9-19/h4-11,16,24,29H,3,12-15,17-18H2,1-2H3,(H2,26,27,28). The minimum Gasteiger partial charge on any atom is -0.497 e. The molecule has 2 heterocycles. The Kier molecular flexibility index (Phi) is 7.64. The Hall–Kier alpha value is -3.03. The molecule has 4 rings (SSSR count). The van der Waals surface area contributed by atoms with Crippen LogP contribution < -0.4 is 15.4 Å². The summed E-state index contributed by atoms with van der Waals surface area (Å²) in [6.07, 6.45) is 0. The van der Waals surface area contributed by atoms with Gasteiger partial charge in [0.15, 0.2) is 5.96 Å². The first-order chi connectivity index (χ1) is 15.8. The highest BCUT2D eigenvalue weighted by atomic mass is 16.5. The van der Waals surface area contributed by atoms with Gasteiger partial charge >= 0.3 is 0 Å². The van der Waals surface area contributed by atoms with Crippen LogP contribution in [0, 0.1) is 0 Å². The van der Waals surface area contributed by atoms with Crippen LogP contribution in [-0.2, 0) is 11.3 Å². The van der Waals surface area contributed by atoms with Crippen LogP contribution >= 0.6 is 0 Å². The summed E-state index contributed by atoms with van der Waals surface area (Å²) in [5, 5.41) is 8.15. The zero-order chi connectivity index (χ0) is 22.2. The summed E-state index contributed by atoms with van der Waals surface area (Å²) in [4.78, 5) is 10.7. The van der Waals surface area contributed by atoms with Crippen molar-refractivity contribution in [2.75, 3.05) is 46.5 Å². The average molecular weight is 436 g/mol. The number of guanidine groups is 1. The second-order valence-electron chi connectivity index (χ2n) is 7.90. The van der Waals surface area contributed by atoms with Crippen LogP contribution in [0.15, 0.2) is 59.6 Å². The molecule has 0 saturated carbocycles. The number of fused-ring (bicyclic) bond motifs is 1. The molecule has 0 amide bonds. The van der Waals surface area contributed by atoms with Gasteiger partial charge in [0.25, 0.3) is 0 Å². The van der Waals surface area contributed by atoms with Crippen LogP contribution in [-0.4, -0.2) is 62.3 Å². The SMILES string of the molecule is CCNC(=NCc1cc2ccccc2[nH]1)NCC(c1ccc(OC)cc1)N1CCOCC1. The number of morpholine rings is 1. The molecule has 7 heteroatoms. The van der Waals surface area contributed by atoms with E-state index in [1.54, 1.807) is 7.11 Å². The second-order valence-corrected chi connectivity index (χ2v) is 7.90. The molecular formula is C25H33N5O2. The van der Waals surface area contributed by atoms with Gasteiger partial charge in [-0.2, -0.15) is 0 Å². The van der Waals surface area contributed by atoms with Crippen molar-refractivity contribution < 1.29 is 9.47 Å². The third-order valence-corrected chi connectivity index (χ3v) is 5.79. The second kappa shape index (κ2) is 11.0. The summed E-state index contributed by atoms with van der Waals surface area (Å²) in [5.74, 6) is 1.69. The van der Waals surface area contributed by atoms with Crippen molar-refractivity contribution in [1.82, 2.24) is 20.5 Å². The van der Waals surface area contributed by atoms with Crippen molar-refractivity contribution in [3.8, 4) is 5.75 Å². The number of methoxy groups -OCH3 is 1. The molecule has 2 aromatic carbocycles. The first-order valence-electron chi connectivity index (χ1n) is 11.3. The topological polar surface area (TPSA) is 73.9 Å². The van der Waals surface area contributed by atoms with Gasteiger partial charge in [-0.3, -0.25) is 4.90 Å². The highest BCUT2D eigenvalue weighted by molar-refractivity contribution is 5.81. The van der Waals surface area contributed by atoms with Crippen LogP contribution in [0.2, 0.25) is 0 Å². The van der Waals surface area contributed by atoms with E-state index >= 15 is 0 Å². The molecule has 1 aromatic heterocycles. The summed E-state index contributed by atoms with van der Waals surface area (Å²) in [5.41, 5.74) is 3.50. The molecule has 1 aliphatic rings. The molecule has 0 radical (unpaired) electrons. The largest absolute Gasteiger partial charge is 0.497 e. The van der Waals surface area contributed by atoms with E-state index in [1.807, 2.05) is 18.2 Å². The minimum atomic E-state index is 0.224. The molecule has 170 valence electrons. The number of aliphatic imine (C=N–C) groups is 1. The lowest BCUT2D eigenvalue weighted by Crippen LogP contribution is -2.46. The maximum absolute atomic E-state index is 5.58. The number of hydrogen-bond acceptors (Lipinski definition) is 4. The fourth-order valence-corrected chi connectivity index (χ4v) is 4.09. The first kappa shape index (κ1) is 22.2. The lowest BCUT2D eigenvalue weighted by molar-refractivity contribution is 0.0170. The van der Waals surface area contributed by atoms with Crippen molar-refractivity contribution >= 4 is 16.9 Å². The smallest absolute Gasteiger partial charge is 0.191 e. The monoisotopic (exact) mass is 435 g/mol. The number of aromatic nitrogens is 1. The molecule has 1 aliphatic heterocycles. The molecule has 0 bridgehead atoms. The third kappa shape index (κ3) is 5.60. The van der Waals surface area contributed by atoms with Crippen LogP contribution in [0.5, 0.6) is 5.75 Å². The fourth-order valence-electron chi connectivity index (χ4n) is 4.09. The van der Waals surface area contributed by atoms with Crippen molar-refractivity contribution in [2.45, 2.75) is 19.5 Å². The number of ether oxygens (including phenoxy) is 2. The Bertz CT molecular complexity index is 976. The highest BCUT2D eigenvalue weighted by Gasteiger charge is 2.23.